The highest BCUT2D eigenvalue weighted by Crippen LogP contribution is 2.37. The number of fused-ring (bicyclic) bond motifs is 4. The third kappa shape index (κ3) is 2.58. The van der Waals surface area contributed by atoms with Crippen LogP contribution in [0, 0.1) is 0 Å². The summed E-state index contributed by atoms with van der Waals surface area (Å²) in [7, 11) is 8.66. The molecule has 1 aromatic heterocycles. The number of ether oxygens (including phenoxy) is 4. The maximum atomic E-state index is 5.51. The minimum absolute atomic E-state index is 0.712. The molecule has 1 heterocycles. The highest BCUT2D eigenvalue weighted by molar-refractivity contribution is 6.09. The zero-order valence-electron chi connectivity index (χ0n) is 16.1. The van der Waals surface area contributed by atoms with Gasteiger partial charge < -0.3 is 18.9 Å². The van der Waals surface area contributed by atoms with E-state index in [-0.39, 0.29) is 0 Å². The van der Waals surface area contributed by atoms with Gasteiger partial charge in [0.05, 0.1) is 45.3 Å². The van der Waals surface area contributed by atoms with Crippen LogP contribution in [0.15, 0.2) is 42.5 Å². The Morgan fingerprint density at radius 1 is 0.556 bits per heavy atom. The van der Waals surface area contributed by atoms with Gasteiger partial charge in [0.2, 0.25) is 11.0 Å². The Hall–Kier alpha value is -3.21. The number of benzene rings is 3. The molecule has 0 aliphatic carbocycles. The van der Waals surface area contributed by atoms with Crippen molar-refractivity contribution in [2.75, 3.05) is 28.4 Å². The molecule has 3 aromatic carbocycles. The molecule has 0 N–H and O–H groups in total. The van der Waals surface area contributed by atoms with E-state index in [2.05, 4.69) is 29.8 Å². The number of aryl methyl sites for hydroxylation is 1. The van der Waals surface area contributed by atoms with Crippen molar-refractivity contribution in [1.29, 1.82) is 0 Å². The lowest BCUT2D eigenvalue weighted by atomic mass is 10.0. The first kappa shape index (κ1) is 17.2. The summed E-state index contributed by atoms with van der Waals surface area (Å²) >= 11 is 0. The second-order valence-electron chi connectivity index (χ2n) is 6.40. The van der Waals surface area contributed by atoms with E-state index in [0.29, 0.717) is 17.2 Å². The van der Waals surface area contributed by atoms with Crippen molar-refractivity contribution in [2.45, 2.75) is 0 Å². The first-order valence-electron chi connectivity index (χ1n) is 8.64. The highest BCUT2D eigenvalue weighted by atomic mass is 16.5. The summed E-state index contributed by atoms with van der Waals surface area (Å²) < 4.78 is 24.1. The minimum Gasteiger partial charge on any atom is -0.493 e. The Kier molecular flexibility index (Phi) is 4.15. The van der Waals surface area contributed by atoms with Gasteiger partial charge in [-0.2, -0.15) is 4.57 Å². The Balaban J connectivity index is 2.13. The minimum atomic E-state index is 0.712. The molecule has 27 heavy (non-hydrogen) atoms. The lowest BCUT2D eigenvalue weighted by Crippen LogP contribution is -2.30. The Labute approximate surface area is 157 Å². The molecule has 0 radical (unpaired) electrons. The molecule has 0 spiro atoms. The Morgan fingerprint density at radius 3 is 1.74 bits per heavy atom. The zero-order valence-corrected chi connectivity index (χ0v) is 16.1. The number of rotatable bonds is 4. The van der Waals surface area contributed by atoms with Gasteiger partial charge >= 0.3 is 0 Å². The number of aromatic nitrogens is 1. The fraction of sp³-hybridized carbons (Fsp3) is 0.227. The summed E-state index contributed by atoms with van der Waals surface area (Å²) in [6.07, 6.45) is 0. The lowest BCUT2D eigenvalue weighted by molar-refractivity contribution is -0.617. The zero-order chi connectivity index (χ0) is 19.1. The average Bonchev–Trinajstić information content (AvgIpc) is 2.71. The smallest absolute Gasteiger partial charge is 0.216 e. The van der Waals surface area contributed by atoms with Crippen molar-refractivity contribution < 1.29 is 23.5 Å². The molecule has 138 valence electrons. The monoisotopic (exact) mass is 364 g/mol. The molecule has 5 heteroatoms. The summed E-state index contributed by atoms with van der Waals surface area (Å²) in [6, 6.07) is 14.5. The molecule has 0 saturated carbocycles. The van der Waals surface area contributed by atoms with Gasteiger partial charge in [-0.05, 0) is 41.1 Å². The van der Waals surface area contributed by atoms with Gasteiger partial charge in [-0.1, -0.05) is 0 Å². The van der Waals surface area contributed by atoms with Crippen molar-refractivity contribution in [3.63, 3.8) is 0 Å². The first-order valence-corrected chi connectivity index (χ1v) is 8.64. The van der Waals surface area contributed by atoms with E-state index < -0.39 is 0 Å². The van der Waals surface area contributed by atoms with Crippen LogP contribution in [0.2, 0.25) is 0 Å². The van der Waals surface area contributed by atoms with E-state index in [9.17, 15) is 0 Å². The predicted octanol–water partition coefficient (Wildman–Crippen LogP) is 4.01. The third-order valence-electron chi connectivity index (χ3n) is 5.10. The largest absolute Gasteiger partial charge is 0.493 e. The van der Waals surface area contributed by atoms with Crippen LogP contribution in [-0.4, -0.2) is 28.4 Å². The second-order valence-corrected chi connectivity index (χ2v) is 6.40. The molecule has 0 amide bonds. The fourth-order valence-corrected chi connectivity index (χ4v) is 3.68. The van der Waals surface area contributed by atoms with Gasteiger partial charge in [-0.15, -0.1) is 0 Å². The SMILES string of the molecule is COc1cc2ccc3c(cc4cc(OC)c(OC)cc4[n+]3C)c2cc1OC. The standard InChI is InChI=1S/C22H22NO4/c1-23-17-7-6-13-9-19(24-2)21(26-4)11-15(13)16(17)8-14-10-20(25-3)22(27-5)12-18(14)23/h6-12H,1-5H3/q+1. The van der Waals surface area contributed by atoms with Gasteiger partial charge in [0.15, 0.2) is 23.0 Å². The van der Waals surface area contributed by atoms with Crippen LogP contribution in [0.4, 0.5) is 0 Å². The lowest BCUT2D eigenvalue weighted by Gasteiger charge is -2.12. The maximum Gasteiger partial charge on any atom is 0.216 e. The summed E-state index contributed by atoms with van der Waals surface area (Å²) in [5.41, 5.74) is 2.19. The van der Waals surface area contributed by atoms with Crippen LogP contribution in [-0.2, 0) is 7.05 Å². The van der Waals surface area contributed by atoms with E-state index >= 15 is 0 Å². The molecule has 4 aromatic rings. The highest BCUT2D eigenvalue weighted by Gasteiger charge is 2.18. The van der Waals surface area contributed by atoms with Crippen molar-refractivity contribution in [2.24, 2.45) is 7.05 Å². The van der Waals surface area contributed by atoms with Crippen molar-refractivity contribution in [3.8, 4) is 23.0 Å². The van der Waals surface area contributed by atoms with Crippen LogP contribution < -0.4 is 23.5 Å². The molecule has 0 bridgehead atoms. The van der Waals surface area contributed by atoms with Crippen LogP contribution in [0.1, 0.15) is 0 Å². The number of hydrogen-bond acceptors (Lipinski definition) is 4. The van der Waals surface area contributed by atoms with E-state index in [1.165, 1.54) is 0 Å². The average molecular weight is 364 g/mol. The molecule has 0 saturated heterocycles. The van der Waals surface area contributed by atoms with Crippen molar-refractivity contribution in [3.05, 3.63) is 42.5 Å². The Bertz CT molecular complexity index is 1180. The second kappa shape index (κ2) is 6.50. The third-order valence-corrected chi connectivity index (χ3v) is 5.10. The summed E-state index contributed by atoms with van der Waals surface area (Å²) in [4.78, 5) is 0. The molecule has 0 aliphatic heterocycles. The van der Waals surface area contributed by atoms with E-state index in [1.807, 2.05) is 24.3 Å². The van der Waals surface area contributed by atoms with Gasteiger partial charge in [-0.3, -0.25) is 0 Å². The molecular weight excluding hydrogens is 342 g/mol. The van der Waals surface area contributed by atoms with E-state index in [1.54, 1.807) is 28.4 Å². The van der Waals surface area contributed by atoms with Gasteiger partial charge in [0.1, 0.15) is 7.05 Å². The van der Waals surface area contributed by atoms with Crippen LogP contribution in [0.25, 0.3) is 32.6 Å². The fourth-order valence-electron chi connectivity index (χ4n) is 3.68. The predicted molar refractivity (Wildman–Crippen MR) is 106 cm³/mol. The topological polar surface area (TPSA) is 40.8 Å². The Morgan fingerprint density at radius 2 is 1.11 bits per heavy atom. The van der Waals surface area contributed by atoms with Gasteiger partial charge in [0, 0.05) is 6.07 Å². The molecule has 5 nitrogen and oxygen atoms in total. The van der Waals surface area contributed by atoms with E-state index in [0.717, 1.165) is 38.3 Å². The van der Waals surface area contributed by atoms with Crippen LogP contribution in [0.5, 0.6) is 23.0 Å². The van der Waals surface area contributed by atoms with Gasteiger partial charge in [-0.25, -0.2) is 0 Å². The van der Waals surface area contributed by atoms with Gasteiger partial charge in [0.25, 0.3) is 0 Å². The maximum absolute atomic E-state index is 5.51. The molecule has 0 atom stereocenters. The molecule has 0 fully saturated rings. The number of pyridine rings is 1. The molecule has 0 aliphatic rings. The number of nitrogens with zero attached hydrogens (tertiary/aromatic N) is 1. The molecule has 0 unspecified atom stereocenters. The first-order chi connectivity index (χ1) is 13.1. The van der Waals surface area contributed by atoms with E-state index in [4.69, 9.17) is 18.9 Å². The van der Waals surface area contributed by atoms with Crippen molar-refractivity contribution in [1.82, 2.24) is 0 Å². The molecular formula is C22H22NO4+. The summed E-state index contributed by atoms with van der Waals surface area (Å²) in [6.45, 7) is 0. The number of hydrogen-bond donors (Lipinski definition) is 0. The number of methoxy groups -OCH3 is 4. The van der Waals surface area contributed by atoms with Crippen LogP contribution >= 0.6 is 0 Å². The quantitative estimate of drug-likeness (QED) is 0.312. The van der Waals surface area contributed by atoms with Crippen molar-refractivity contribution >= 4 is 32.6 Å². The molecule has 4 rings (SSSR count). The summed E-state index contributed by atoms with van der Waals surface area (Å²) in [5.74, 6) is 2.87. The normalized spacial score (nSPS) is 11.1. The summed E-state index contributed by atoms with van der Waals surface area (Å²) in [5, 5.41) is 4.41. The van der Waals surface area contributed by atoms with Crippen LogP contribution in [0.3, 0.4) is 0 Å².